The number of aliphatic hydroxyl groups is 1. The molecular weight excluding hydrogens is 304 g/mol. The van der Waals surface area contributed by atoms with Crippen LogP contribution in [0.25, 0.3) is 0 Å². The lowest BCUT2D eigenvalue weighted by Gasteiger charge is -2.41. The van der Waals surface area contributed by atoms with Gasteiger partial charge >= 0.3 is 12.1 Å². The van der Waals surface area contributed by atoms with Crippen molar-refractivity contribution < 1.29 is 29.3 Å². The van der Waals surface area contributed by atoms with E-state index in [-0.39, 0.29) is 25.0 Å². The van der Waals surface area contributed by atoms with Crippen molar-refractivity contribution in [3.05, 3.63) is 0 Å². The van der Waals surface area contributed by atoms with Crippen molar-refractivity contribution in [3.8, 4) is 0 Å². The zero-order valence-electron chi connectivity index (χ0n) is 13.6. The van der Waals surface area contributed by atoms with Gasteiger partial charge in [0.2, 0.25) is 5.91 Å². The largest absolute Gasteiger partial charge is 0.480 e. The van der Waals surface area contributed by atoms with Crippen LogP contribution in [0.15, 0.2) is 0 Å². The highest BCUT2D eigenvalue weighted by Gasteiger charge is 2.50. The fourth-order valence-electron chi connectivity index (χ4n) is 3.37. The first-order chi connectivity index (χ1) is 10.6. The predicted octanol–water partition coefficient (Wildman–Crippen LogP) is 0.336. The lowest BCUT2D eigenvalue weighted by atomic mass is 9.87. The molecule has 0 radical (unpaired) electrons. The molecule has 2 aliphatic rings. The topological polar surface area (TPSA) is 116 Å². The number of nitrogens with one attached hydrogen (secondary N) is 1. The first-order valence-corrected chi connectivity index (χ1v) is 7.79. The van der Waals surface area contributed by atoms with Crippen molar-refractivity contribution in [2.45, 2.75) is 63.8 Å². The number of aliphatic carboxylic acids is 1. The number of rotatable bonds is 3. The van der Waals surface area contributed by atoms with E-state index in [0.717, 1.165) is 0 Å². The third kappa shape index (κ3) is 3.74. The average Bonchev–Trinajstić information content (AvgIpc) is 2.85. The van der Waals surface area contributed by atoms with Gasteiger partial charge in [0.15, 0.2) is 0 Å². The molecular formula is C15H24N2O6. The number of piperidine rings is 1. The van der Waals surface area contributed by atoms with Gasteiger partial charge in [-0.05, 0) is 40.0 Å². The average molecular weight is 328 g/mol. The first-order valence-electron chi connectivity index (χ1n) is 7.79. The van der Waals surface area contributed by atoms with E-state index < -0.39 is 35.7 Å². The SMILES string of the molecule is CC(C)(C)OC(=O)N[C@H]1C[C@H](CO)[C@H]2CC[C@@H](C(=O)O)N2C1=O. The molecule has 3 N–H and O–H groups in total. The quantitative estimate of drug-likeness (QED) is 0.688. The first kappa shape index (κ1) is 17.5. The number of carbonyl (C=O) groups excluding carboxylic acids is 2. The van der Waals surface area contributed by atoms with Gasteiger partial charge in [0, 0.05) is 18.6 Å². The van der Waals surface area contributed by atoms with Crippen LogP contribution in [0, 0.1) is 5.92 Å². The molecule has 2 rings (SSSR count). The predicted molar refractivity (Wildman–Crippen MR) is 79.6 cm³/mol. The molecule has 0 aromatic rings. The van der Waals surface area contributed by atoms with E-state index >= 15 is 0 Å². The number of amides is 2. The normalized spacial score (nSPS) is 30.8. The highest BCUT2D eigenvalue weighted by atomic mass is 16.6. The molecule has 130 valence electrons. The molecule has 4 atom stereocenters. The van der Waals surface area contributed by atoms with E-state index in [1.807, 2.05) is 0 Å². The summed E-state index contributed by atoms with van der Waals surface area (Å²) in [6, 6.07) is -2.06. The van der Waals surface area contributed by atoms with Gasteiger partial charge in [-0.2, -0.15) is 0 Å². The Hall–Kier alpha value is -1.83. The number of carboxylic acid groups (broad SMARTS) is 1. The molecule has 0 bridgehead atoms. The minimum absolute atomic E-state index is 0.159. The van der Waals surface area contributed by atoms with Crippen molar-refractivity contribution in [2.75, 3.05) is 6.61 Å². The third-order valence-electron chi connectivity index (χ3n) is 4.27. The van der Waals surface area contributed by atoms with Crippen LogP contribution in [0.5, 0.6) is 0 Å². The van der Waals surface area contributed by atoms with Gasteiger partial charge < -0.3 is 25.2 Å². The second-order valence-electron chi connectivity index (χ2n) is 7.12. The van der Waals surface area contributed by atoms with Crippen molar-refractivity contribution in [3.63, 3.8) is 0 Å². The molecule has 2 heterocycles. The smallest absolute Gasteiger partial charge is 0.408 e. The van der Waals surface area contributed by atoms with Gasteiger partial charge in [-0.15, -0.1) is 0 Å². The van der Waals surface area contributed by atoms with Crippen LogP contribution < -0.4 is 5.32 Å². The number of nitrogens with zero attached hydrogens (tertiary/aromatic N) is 1. The maximum Gasteiger partial charge on any atom is 0.408 e. The Morgan fingerprint density at radius 1 is 1.35 bits per heavy atom. The number of alkyl carbamates (subject to hydrolysis) is 1. The molecule has 8 heteroatoms. The summed E-state index contributed by atoms with van der Waals surface area (Å²) in [6.45, 7) is 4.97. The molecule has 2 fully saturated rings. The fraction of sp³-hybridized carbons (Fsp3) is 0.800. The summed E-state index contributed by atoms with van der Waals surface area (Å²) in [7, 11) is 0. The summed E-state index contributed by atoms with van der Waals surface area (Å²) in [5.41, 5.74) is -0.696. The Balaban J connectivity index is 2.14. The summed E-state index contributed by atoms with van der Waals surface area (Å²) in [4.78, 5) is 37.1. The number of hydrogen-bond donors (Lipinski definition) is 3. The molecule has 2 saturated heterocycles. The highest BCUT2D eigenvalue weighted by molar-refractivity contribution is 5.90. The van der Waals surface area contributed by atoms with Crippen molar-refractivity contribution in [1.29, 1.82) is 0 Å². The molecule has 0 unspecified atom stereocenters. The summed E-state index contributed by atoms with van der Waals surface area (Å²) >= 11 is 0. The summed E-state index contributed by atoms with van der Waals surface area (Å²) in [5.74, 6) is -1.73. The lowest BCUT2D eigenvalue weighted by molar-refractivity contribution is -0.154. The number of aliphatic hydroxyl groups excluding tert-OH is 1. The summed E-state index contributed by atoms with van der Waals surface area (Å²) in [6.07, 6.45) is 0.466. The monoisotopic (exact) mass is 328 g/mol. The second kappa shape index (κ2) is 6.35. The standard InChI is InChI=1S/C15H24N2O6/c1-15(2,3)23-14(22)16-9-6-8(7-18)10-4-5-11(13(20)21)17(10)12(9)19/h8-11,18H,4-7H2,1-3H3,(H,16,22)(H,20,21)/t8-,9+,10-,11+/m1/s1. The molecule has 0 aromatic heterocycles. The molecule has 8 nitrogen and oxygen atoms in total. The molecule has 2 aliphatic heterocycles. The van der Waals surface area contributed by atoms with Crippen LogP contribution in [0.2, 0.25) is 0 Å². The molecule has 2 amide bonds. The molecule has 0 aromatic carbocycles. The van der Waals surface area contributed by atoms with Crippen LogP contribution in [0.3, 0.4) is 0 Å². The van der Waals surface area contributed by atoms with Gasteiger partial charge in [0.25, 0.3) is 0 Å². The molecule has 0 saturated carbocycles. The Morgan fingerprint density at radius 3 is 2.52 bits per heavy atom. The van der Waals surface area contributed by atoms with Gasteiger partial charge in [0.1, 0.15) is 17.7 Å². The Labute approximate surface area is 134 Å². The van der Waals surface area contributed by atoms with Crippen molar-refractivity contribution in [2.24, 2.45) is 5.92 Å². The van der Waals surface area contributed by atoms with E-state index in [2.05, 4.69) is 5.32 Å². The number of fused-ring (bicyclic) bond motifs is 1. The van der Waals surface area contributed by atoms with Crippen molar-refractivity contribution >= 4 is 18.0 Å². The van der Waals surface area contributed by atoms with Crippen LogP contribution in [-0.4, -0.2) is 63.4 Å². The van der Waals surface area contributed by atoms with E-state index in [1.54, 1.807) is 20.8 Å². The van der Waals surface area contributed by atoms with Crippen LogP contribution in [-0.2, 0) is 14.3 Å². The Bertz CT molecular complexity index is 501. The highest BCUT2D eigenvalue weighted by Crippen LogP contribution is 2.36. The van der Waals surface area contributed by atoms with E-state index in [9.17, 15) is 24.6 Å². The maximum absolute atomic E-state index is 12.6. The maximum atomic E-state index is 12.6. The minimum Gasteiger partial charge on any atom is -0.480 e. The molecule has 0 aliphatic carbocycles. The van der Waals surface area contributed by atoms with Gasteiger partial charge in [-0.1, -0.05) is 0 Å². The van der Waals surface area contributed by atoms with Gasteiger partial charge in [-0.25, -0.2) is 9.59 Å². The summed E-state index contributed by atoms with van der Waals surface area (Å²) in [5, 5.41) is 21.3. The van der Waals surface area contributed by atoms with E-state index in [4.69, 9.17) is 4.74 Å². The van der Waals surface area contributed by atoms with Crippen LogP contribution in [0.1, 0.15) is 40.0 Å². The zero-order valence-corrected chi connectivity index (χ0v) is 13.6. The van der Waals surface area contributed by atoms with Gasteiger partial charge in [-0.3, -0.25) is 4.79 Å². The number of ether oxygens (including phenoxy) is 1. The van der Waals surface area contributed by atoms with E-state index in [1.165, 1.54) is 4.90 Å². The minimum atomic E-state index is -1.06. The van der Waals surface area contributed by atoms with Crippen LogP contribution >= 0.6 is 0 Å². The van der Waals surface area contributed by atoms with Gasteiger partial charge in [0.05, 0.1) is 0 Å². The number of carboxylic acids is 1. The Kier molecular flexibility index (Phi) is 4.84. The van der Waals surface area contributed by atoms with Crippen LogP contribution in [0.4, 0.5) is 4.79 Å². The third-order valence-corrected chi connectivity index (χ3v) is 4.27. The lowest BCUT2D eigenvalue weighted by Crippen LogP contribution is -2.61. The fourth-order valence-corrected chi connectivity index (χ4v) is 3.37. The number of hydrogen-bond acceptors (Lipinski definition) is 5. The Morgan fingerprint density at radius 2 is 2.00 bits per heavy atom. The summed E-state index contributed by atoms with van der Waals surface area (Å²) < 4.78 is 5.14. The molecule has 0 spiro atoms. The molecule has 23 heavy (non-hydrogen) atoms. The second-order valence-corrected chi connectivity index (χ2v) is 7.12. The number of carbonyl (C=O) groups is 3. The van der Waals surface area contributed by atoms with E-state index in [0.29, 0.717) is 12.8 Å². The van der Waals surface area contributed by atoms with Crippen molar-refractivity contribution in [1.82, 2.24) is 10.2 Å². The zero-order chi connectivity index (χ0) is 17.4.